The minimum atomic E-state index is -0.612. The molecular formula is C20H20O6. The van der Waals surface area contributed by atoms with Gasteiger partial charge in [0.1, 0.15) is 6.29 Å². The summed E-state index contributed by atoms with van der Waals surface area (Å²) in [6, 6.07) is 9.92. The summed E-state index contributed by atoms with van der Waals surface area (Å²) >= 11 is 0. The molecule has 0 radical (unpaired) electrons. The van der Waals surface area contributed by atoms with E-state index in [4.69, 9.17) is 18.9 Å². The third kappa shape index (κ3) is 4.86. The van der Waals surface area contributed by atoms with Crippen molar-refractivity contribution in [1.82, 2.24) is 0 Å². The van der Waals surface area contributed by atoms with Crippen LogP contribution >= 0.6 is 0 Å². The molecule has 6 heteroatoms. The van der Waals surface area contributed by atoms with Gasteiger partial charge >= 0.3 is 5.97 Å². The summed E-state index contributed by atoms with van der Waals surface area (Å²) in [7, 11) is 2.95. The number of rotatable bonds is 9. The summed E-state index contributed by atoms with van der Waals surface area (Å²) in [5.74, 6) is 0.833. The van der Waals surface area contributed by atoms with Crippen LogP contribution in [0.4, 0.5) is 0 Å². The van der Waals surface area contributed by atoms with Gasteiger partial charge < -0.3 is 18.9 Å². The van der Waals surface area contributed by atoms with Gasteiger partial charge in [-0.1, -0.05) is 12.1 Å². The minimum Gasteiger partial charge on any atom is -0.493 e. The largest absolute Gasteiger partial charge is 0.493 e. The normalized spacial score (nSPS) is 9.92. The molecule has 136 valence electrons. The Morgan fingerprint density at radius 2 is 1.69 bits per heavy atom. The summed E-state index contributed by atoms with van der Waals surface area (Å²) in [6.07, 6.45) is 3.17. The predicted octanol–water partition coefficient (Wildman–Crippen LogP) is 3.23. The molecule has 0 aliphatic rings. The first kappa shape index (κ1) is 19.1. The molecule has 0 N–H and O–H groups in total. The molecule has 2 aromatic carbocycles. The maximum absolute atomic E-state index is 12.1. The lowest BCUT2D eigenvalue weighted by molar-refractivity contribution is -0.136. The van der Waals surface area contributed by atoms with E-state index in [-0.39, 0.29) is 18.1 Å². The number of carbonyl (C=O) groups excluding carboxylic acids is 2. The van der Waals surface area contributed by atoms with Gasteiger partial charge in [-0.25, -0.2) is 4.79 Å². The zero-order valence-corrected chi connectivity index (χ0v) is 14.7. The molecule has 0 unspecified atom stereocenters. The van der Waals surface area contributed by atoms with Crippen LogP contribution in [0.5, 0.6) is 23.0 Å². The molecule has 0 aliphatic carbocycles. The smallest absolute Gasteiger partial charge is 0.349 e. The summed E-state index contributed by atoms with van der Waals surface area (Å²) in [4.78, 5) is 22.8. The molecule has 0 bridgehead atoms. The fraction of sp³-hybridized carbons (Fsp3) is 0.200. The minimum absolute atomic E-state index is 0.208. The summed E-state index contributed by atoms with van der Waals surface area (Å²) in [6.45, 7) is 3.39. The maximum atomic E-state index is 12.1. The van der Waals surface area contributed by atoms with Crippen LogP contribution in [0.2, 0.25) is 0 Å². The van der Waals surface area contributed by atoms with E-state index in [2.05, 4.69) is 6.58 Å². The van der Waals surface area contributed by atoms with E-state index >= 15 is 0 Å². The molecule has 0 spiro atoms. The van der Waals surface area contributed by atoms with Crippen LogP contribution in [0, 0.1) is 0 Å². The van der Waals surface area contributed by atoms with E-state index in [0.717, 1.165) is 5.56 Å². The van der Waals surface area contributed by atoms with Gasteiger partial charge in [-0.2, -0.15) is 0 Å². The summed E-state index contributed by atoms with van der Waals surface area (Å²) in [5, 5.41) is 0. The molecule has 0 saturated heterocycles. The Morgan fingerprint density at radius 3 is 2.35 bits per heavy atom. The Morgan fingerprint density at radius 1 is 1.00 bits per heavy atom. The molecular weight excluding hydrogens is 336 g/mol. The SMILES string of the molecule is C=CCc1ccc(OCC(=O)Oc2ccc(C=O)cc2OC)c(OC)c1. The van der Waals surface area contributed by atoms with Crippen LogP contribution in [0.25, 0.3) is 0 Å². The van der Waals surface area contributed by atoms with Gasteiger partial charge in [0.2, 0.25) is 0 Å². The molecule has 2 rings (SSSR count). The van der Waals surface area contributed by atoms with Crippen LogP contribution in [0.15, 0.2) is 49.1 Å². The molecule has 6 nitrogen and oxygen atoms in total. The molecule has 2 aromatic rings. The molecule has 0 fully saturated rings. The van der Waals surface area contributed by atoms with Crippen molar-refractivity contribution in [1.29, 1.82) is 0 Å². The average molecular weight is 356 g/mol. The van der Waals surface area contributed by atoms with Crippen molar-refractivity contribution < 1.29 is 28.5 Å². The van der Waals surface area contributed by atoms with Crippen LogP contribution in [0.1, 0.15) is 15.9 Å². The van der Waals surface area contributed by atoms with Crippen LogP contribution in [-0.4, -0.2) is 33.1 Å². The quantitative estimate of drug-likeness (QED) is 0.297. The number of carbonyl (C=O) groups is 2. The van der Waals surface area contributed by atoms with Crippen LogP contribution in [-0.2, 0) is 11.2 Å². The molecule has 0 amide bonds. The van der Waals surface area contributed by atoms with E-state index in [0.29, 0.717) is 29.8 Å². The van der Waals surface area contributed by atoms with Crippen molar-refractivity contribution in [3.63, 3.8) is 0 Å². The van der Waals surface area contributed by atoms with E-state index in [1.165, 1.54) is 32.4 Å². The van der Waals surface area contributed by atoms with Crippen LogP contribution < -0.4 is 18.9 Å². The monoisotopic (exact) mass is 356 g/mol. The first-order valence-corrected chi connectivity index (χ1v) is 7.85. The van der Waals surface area contributed by atoms with Crippen molar-refractivity contribution in [3.05, 3.63) is 60.2 Å². The van der Waals surface area contributed by atoms with Crippen molar-refractivity contribution >= 4 is 12.3 Å². The molecule has 0 heterocycles. The van der Waals surface area contributed by atoms with Gasteiger partial charge in [0.15, 0.2) is 29.6 Å². The number of benzene rings is 2. The molecule has 0 atom stereocenters. The fourth-order valence-corrected chi connectivity index (χ4v) is 2.26. The number of esters is 1. The standard InChI is InChI=1S/C20H20O6/c1-4-5-14-6-8-16(18(10-14)23-2)25-13-20(22)26-17-9-7-15(12-21)11-19(17)24-3/h4,6-12H,1,5,13H2,2-3H3. The lowest BCUT2D eigenvalue weighted by Gasteiger charge is -2.12. The lowest BCUT2D eigenvalue weighted by Crippen LogP contribution is -2.18. The molecule has 0 aromatic heterocycles. The lowest BCUT2D eigenvalue weighted by atomic mass is 10.1. The van der Waals surface area contributed by atoms with Gasteiger partial charge in [-0.05, 0) is 42.3 Å². The topological polar surface area (TPSA) is 71.1 Å². The highest BCUT2D eigenvalue weighted by Gasteiger charge is 2.13. The van der Waals surface area contributed by atoms with Crippen molar-refractivity contribution in [2.45, 2.75) is 6.42 Å². The van der Waals surface area contributed by atoms with Gasteiger partial charge in [0.05, 0.1) is 14.2 Å². The number of allylic oxidation sites excluding steroid dienone is 1. The number of methoxy groups -OCH3 is 2. The average Bonchev–Trinajstić information content (AvgIpc) is 2.67. The zero-order valence-electron chi connectivity index (χ0n) is 14.7. The summed E-state index contributed by atoms with van der Waals surface area (Å²) < 4.78 is 21.1. The number of aldehydes is 1. The number of hydrogen-bond acceptors (Lipinski definition) is 6. The fourth-order valence-electron chi connectivity index (χ4n) is 2.26. The molecule has 0 saturated carbocycles. The van der Waals surface area contributed by atoms with Gasteiger partial charge in [-0.15, -0.1) is 6.58 Å². The Bertz CT molecular complexity index is 797. The highest BCUT2D eigenvalue weighted by Crippen LogP contribution is 2.29. The van der Waals surface area contributed by atoms with E-state index in [9.17, 15) is 9.59 Å². The first-order chi connectivity index (χ1) is 12.6. The van der Waals surface area contributed by atoms with E-state index < -0.39 is 5.97 Å². The van der Waals surface area contributed by atoms with Gasteiger partial charge in [0, 0.05) is 5.56 Å². The first-order valence-electron chi connectivity index (χ1n) is 7.85. The Kier molecular flexibility index (Phi) is 6.79. The van der Waals surface area contributed by atoms with E-state index in [1.54, 1.807) is 12.1 Å². The van der Waals surface area contributed by atoms with Crippen LogP contribution in [0.3, 0.4) is 0 Å². The zero-order chi connectivity index (χ0) is 18.9. The number of ether oxygens (including phenoxy) is 4. The second-order valence-corrected chi connectivity index (χ2v) is 5.27. The Labute approximate surface area is 151 Å². The highest BCUT2D eigenvalue weighted by molar-refractivity contribution is 5.78. The Balaban J connectivity index is 2.03. The van der Waals surface area contributed by atoms with Crippen molar-refractivity contribution in [2.24, 2.45) is 0 Å². The number of hydrogen-bond donors (Lipinski definition) is 0. The van der Waals surface area contributed by atoms with Gasteiger partial charge in [0.25, 0.3) is 0 Å². The molecule has 26 heavy (non-hydrogen) atoms. The third-order valence-electron chi connectivity index (χ3n) is 3.50. The maximum Gasteiger partial charge on any atom is 0.349 e. The third-order valence-corrected chi connectivity index (χ3v) is 3.50. The Hall–Kier alpha value is -3.28. The predicted molar refractivity (Wildman–Crippen MR) is 96.4 cm³/mol. The highest BCUT2D eigenvalue weighted by atomic mass is 16.6. The molecule has 0 aliphatic heterocycles. The van der Waals surface area contributed by atoms with E-state index in [1.807, 2.05) is 12.1 Å². The van der Waals surface area contributed by atoms with Crippen molar-refractivity contribution in [3.8, 4) is 23.0 Å². The summed E-state index contributed by atoms with van der Waals surface area (Å²) in [5.41, 5.74) is 1.44. The second kappa shape index (κ2) is 9.27. The van der Waals surface area contributed by atoms with Gasteiger partial charge in [-0.3, -0.25) is 4.79 Å². The van der Waals surface area contributed by atoms with Crippen molar-refractivity contribution in [2.75, 3.05) is 20.8 Å². The second-order valence-electron chi connectivity index (χ2n) is 5.27.